The predicted octanol–water partition coefficient (Wildman–Crippen LogP) is 2.63. The molecule has 6 heteroatoms. The van der Waals surface area contributed by atoms with Gasteiger partial charge in [-0.1, -0.05) is 30.7 Å². The van der Waals surface area contributed by atoms with Gasteiger partial charge in [-0.3, -0.25) is 4.79 Å². The highest BCUT2D eigenvalue weighted by atomic mass is 35.5. The van der Waals surface area contributed by atoms with Crippen LogP contribution in [0.4, 0.5) is 0 Å². The van der Waals surface area contributed by atoms with Crippen molar-refractivity contribution in [3.05, 3.63) is 47.5 Å². The van der Waals surface area contributed by atoms with Crippen LogP contribution in [0, 0.1) is 0 Å². The fourth-order valence-corrected chi connectivity index (χ4v) is 1.75. The van der Waals surface area contributed by atoms with Crippen LogP contribution >= 0.6 is 11.6 Å². The Hall–Kier alpha value is -1.88. The number of esters is 1. The highest BCUT2D eigenvalue weighted by Crippen LogP contribution is 2.22. The molecule has 0 aliphatic rings. The molecule has 0 aliphatic heterocycles. The first kappa shape index (κ1) is 13.5. The van der Waals surface area contributed by atoms with Crippen molar-refractivity contribution in [1.29, 1.82) is 0 Å². The van der Waals surface area contributed by atoms with Crippen molar-refractivity contribution in [2.75, 3.05) is 0 Å². The van der Waals surface area contributed by atoms with Gasteiger partial charge < -0.3 is 4.74 Å². The number of rotatable bonds is 5. The summed E-state index contributed by atoms with van der Waals surface area (Å²) in [7, 11) is 0. The number of carbonyl (C=O) groups excluding carboxylic acids is 1. The Labute approximate surface area is 116 Å². The minimum absolute atomic E-state index is 0.250. The Morgan fingerprint density at radius 2 is 2.16 bits per heavy atom. The fraction of sp³-hybridized carbons (Fsp3) is 0.308. The Morgan fingerprint density at radius 1 is 1.42 bits per heavy atom. The number of nitrogens with zero attached hydrogens (tertiary/aromatic N) is 3. The molecule has 0 N–H and O–H groups in total. The SMILES string of the molecule is CCC(=O)OC(Cn1cncn1)c1ccc(Cl)cc1. The quantitative estimate of drug-likeness (QED) is 0.790. The molecule has 1 atom stereocenters. The Kier molecular flexibility index (Phi) is 4.52. The molecule has 1 unspecified atom stereocenters. The van der Waals surface area contributed by atoms with Gasteiger partial charge in [0.15, 0.2) is 0 Å². The lowest BCUT2D eigenvalue weighted by molar-refractivity contribution is -0.149. The largest absolute Gasteiger partial charge is 0.455 e. The van der Waals surface area contributed by atoms with Crippen molar-refractivity contribution in [2.24, 2.45) is 0 Å². The maximum Gasteiger partial charge on any atom is 0.306 e. The molecular weight excluding hydrogens is 266 g/mol. The molecule has 0 bridgehead atoms. The number of hydrogen-bond acceptors (Lipinski definition) is 4. The van der Waals surface area contributed by atoms with E-state index in [0.29, 0.717) is 18.0 Å². The van der Waals surface area contributed by atoms with Crippen molar-refractivity contribution in [1.82, 2.24) is 14.8 Å². The number of halogens is 1. The van der Waals surface area contributed by atoms with Gasteiger partial charge >= 0.3 is 5.97 Å². The monoisotopic (exact) mass is 279 g/mol. The maximum absolute atomic E-state index is 11.5. The van der Waals surface area contributed by atoms with Gasteiger partial charge in [0, 0.05) is 11.4 Å². The summed E-state index contributed by atoms with van der Waals surface area (Å²) in [6.07, 6.45) is 2.97. The minimum atomic E-state index is -0.397. The highest BCUT2D eigenvalue weighted by Gasteiger charge is 2.17. The van der Waals surface area contributed by atoms with Gasteiger partial charge in [0.1, 0.15) is 18.8 Å². The zero-order valence-corrected chi connectivity index (χ0v) is 11.2. The summed E-state index contributed by atoms with van der Waals surface area (Å²) < 4.78 is 7.06. The van der Waals surface area contributed by atoms with E-state index in [-0.39, 0.29) is 5.97 Å². The van der Waals surface area contributed by atoms with Crippen LogP contribution in [0.1, 0.15) is 25.0 Å². The minimum Gasteiger partial charge on any atom is -0.455 e. The summed E-state index contributed by atoms with van der Waals surface area (Å²) in [6, 6.07) is 7.22. The third kappa shape index (κ3) is 3.79. The molecule has 5 nitrogen and oxygen atoms in total. The van der Waals surface area contributed by atoms with E-state index in [4.69, 9.17) is 16.3 Å². The van der Waals surface area contributed by atoms with E-state index in [0.717, 1.165) is 5.56 Å². The summed E-state index contributed by atoms with van der Waals surface area (Å²) in [4.78, 5) is 15.4. The zero-order valence-electron chi connectivity index (χ0n) is 10.5. The van der Waals surface area contributed by atoms with Crippen molar-refractivity contribution in [2.45, 2.75) is 26.0 Å². The molecule has 0 radical (unpaired) electrons. The zero-order chi connectivity index (χ0) is 13.7. The van der Waals surface area contributed by atoms with Crippen LogP contribution in [0.25, 0.3) is 0 Å². The molecule has 0 aliphatic carbocycles. The molecule has 2 aromatic rings. The lowest BCUT2D eigenvalue weighted by atomic mass is 10.1. The summed E-state index contributed by atoms with van der Waals surface area (Å²) in [5.74, 6) is -0.250. The second kappa shape index (κ2) is 6.33. The highest BCUT2D eigenvalue weighted by molar-refractivity contribution is 6.30. The summed E-state index contributed by atoms with van der Waals surface area (Å²) in [6.45, 7) is 2.18. The molecule has 0 fully saturated rings. The second-order valence-corrected chi connectivity index (χ2v) is 4.44. The summed E-state index contributed by atoms with van der Waals surface area (Å²) in [5, 5.41) is 4.66. The van der Waals surface area contributed by atoms with E-state index >= 15 is 0 Å². The Balaban J connectivity index is 2.17. The van der Waals surface area contributed by atoms with Crippen LogP contribution < -0.4 is 0 Å². The van der Waals surface area contributed by atoms with Gasteiger partial charge in [-0.25, -0.2) is 9.67 Å². The first-order chi connectivity index (χ1) is 9.19. The molecule has 1 aromatic heterocycles. The van der Waals surface area contributed by atoms with E-state index in [9.17, 15) is 4.79 Å². The van der Waals surface area contributed by atoms with Crippen molar-refractivity contribution in [3.8, 4) is 0 Å². The van der Waals surface area contributed by atoms with Crippen LogP contribution in [0.2, 0.25) is 5.02 Å². The third-order valence-electron chi connectivity index (χ3n) is 2.62. The van der Waals surface area contributed by atoms with Crippen LogP contribution in [-0.4, -0.2) is 20.7 Å². The summed E-state index contributed by atoms with van der Waals surface area (Å²) in [5.41, 5.74) is 0.877. The van der Waals surface area contributed by atoms with E-state index < -0.39 is 6.10 Å². The third-order valence-corrected chi connectivity index (χ3v) is 2.88. The van der Waals surface area contributed by atoms with Gasteiger partial charge in [0.2, 0.25) is 0 Å². The fourth-order valence-electron chi connectivity index (χ4n) is 1.63. The Morgan fingerprint density at radius 3 is 2.74 bits per heavy atom. The van der Waals surface area contributed by atoms with Crippen molar-refractivity contribution < 1.29 is 9.53 Å². The van der Waals surface area contributed by atoms with Gasteiger partial charge in [-0.2, -0.15) is 5.10 Å². The van der Waals surface area contributed by atoms with Crippen LogP contribution in [0.3, 0.4) is 0 Å². The number of aromatic nitrogens is 3. The number of carbonyl (C=O) groups is 1. The van der Waals surface area contributed by atoms with Crippen molar-refractivity contribution >= 4 is 17.6 Å². The van der Waals surface area contributed by atoms with E-state index in [1.54, 1.807) is 30.1 Å². The molecule has 0 amide bonds. The standard InChI is InChI=1S/C13H14ClN3O2/c1-2-13(18)19-12(7-17-9-15-8-16-17)10-3-5-11(14)6-4-10/h3-6,8-9,12H,2,7H2,1H3. The smallest absolute Gasteiger partial charge is 0.306 e. The van der Waals surface area contributed by atoms with Crippen LogP contribution in [0.15, 0.2) is 36.9 Å². The van der Waals surface area contributed by atoms with Crippen LogP contribution in [-0.2, 0) is 16.1 Å². The topological polar surface area (TPSA) is 57.0 Å². The van der Waals surface area contributed by atoms with Crippen LogP contribution in [0.5, 0.6) is 0 Å². The average molecular weight is 280 g/mol. The molecule has 0 spiro atoms. The maximum atomic E-state index is 11.5. The number of ether oxygens (including phenoxy) is 1. The molecule has 0 saturated carbocycles. The second-order valence-electron chi connectivity index (χ2n) is 4.00. The normalized spacial score (nSPS) is 12.1. The molecule has 1 heterocycles. The lowest BCUT2D eigenvalue weighted by Crippen LogP contribution is -2.16. The molecular formula is C13H14ClN3O2. The first-order valence-corrected chi connectivity index (χ1v) is 6.34. The van der Waals surface area contributed by atoms with Gasteiger partial charge in [-0.05, 0) is 17.7 Å². The lowest BCUT2D eigenvalue weighted by Gasteiger charge is -2.18. The average Bonchev–Trinajstić information content (AvgIpc) is 2.91. The summed E-state index contributed by atoms with van der Waals surface area (Å²) >= 11 is 5.86. The van der Waals surface area contributed by atoms with E-state index in [1.165, 1.54) is 6.33 Å². The number of benzene rings is 1. The number of hydrogen-bond donors (Lipinski definition) is 0. The van der Waals surface area contributed by atoms with Crippen molar-refractivity contribution in [3.63, 3.8) is 0 Å². The van der Waals surface area contributed by atoms with Gasteiger partial charge in [-0.15, -0.1) is 0 Å². The molecule has 1 aromatic carbocycles. The molecule has 19 heavy (non-hydrogen) atoms. The molecule has 100 valence electrons. The molecule has 2 rings (SSSR count). The van der Waals surface area contributed by atoms with E-state index in [2.05, 4.69) is 10.1 Å². The van der Waals surface area contributed by atoms with Gasteiger partial charge in [0.05, 0.1) is 6.54 Å². The predicted molar refractivity (Wildman–Crippen MR) is 70.6 cm³/mol. The first-order valence-electron chi connectivity index (χ1n) is 5.96. The van der Waals surface area contributed by atoms with Gasteiger partial charge in [0.25, 0.3) is 0 Å². The van der Waals surface area contributed by atoms with E-state index in [1.807, 2.05) is 12.1 Å². The Bertz CT molecular complexity index is 525. The molecule has 0 saturated heterocycles.